The van der Waals surface area contributed by atoms with E-state index < -0.39 is 0 Å². The highest BCUT2D eigenvalue weighted by Crippen LogP contribution is 2.27. The lowest BCUT2D eigenvalue weighted by molar-refractivity contribution is -0.124. The Morgan fingerprint density at radius 2 is 2.00 bits per heavy atom. The van der Waals surface area contributed by atoms with E-state index in [-0.39, 0.29) is 17.9 Å². The first-order valence-corrected chi connectivity index (χ1v) is 6.72. The van der Waals surface area contributed by atoms with Gasteiger partial charge in [0.05, 0.1) is 16.6 Å². The summed E-state index contributed by atoms with van der Waals surface area (Å²) in [5.74, 6) is 0.000467. The molecule has 0 saturated carbocycles. The number of pyridine rings is 1. The van der Waals surface area contributed by atoms with Crippen LogP contribution < -0.4 is 5.32 Å². The SMILES string of the molecule is CC(C)C(=O)N[C@@H](C)c1cccc2c(Cl)ccnc12. The van der Waals surface area contributed by atoms with Crippen molar-refractivity contribution in [1.29, 1.82) is 0 Å². The number of hydrogen-bond acceptors (Lipinski definition) is 2. The minimum absolute atomic E-state index is 0.0334. The Morgan fingerprint density at radius 3 is 2.68 bits per heavy atom. The molecule has 100 valence electrons. The Labute approximate surface area is 118 Å². The molecule has 1 atom stereocenters. The Bertz CT molecular complexity index is 610. The second-order valence-electron chi connectivity index (χ2n) is 4.92. The van der Waals surface area contributed by atoms with Crippen molar-refractivity contribution in [3.8, 4) is 0 Å². The zero-order valence-electron chi connectivity index (χ0n) is 11.3. The minimum Gasteiger partial charge on any atom is -0.349 e. The number of para-hydroxylation sites is 1. The summed E-state index contributed by atoms with van der Waals surface area (Å²) in [4.78, 5) is 16.2. The Balaban J connectivity index is 2.40. The number of nitrogens with zero attached hydrogens (tertiary/aromatic N) is 1. The van der Waals surface area contributed by atoms with Crippen molar-refractivity contribution in [3.63, 3.8) is 0 Å². The van der Waals surface area contributed by atoms with Crippen LogP contribution in [0.5, 0.6) is 0 Å². The number of carbonyl (C=O) groups is 1. The molecule has 1 N–H and O–H groups in total. The topological polar surface area (TPSA) is 42.0 Å². The van der Waals surface area contributed by atoms with Gasteiger partial charge in [-0.3, -0.25) is 9.78 Å². The summed E-state index contributed by atoms with van der Waals surface area (Å²) in [7, 11) is 0. The van der Waals surface area contributed by atoms with Crippen molar-refractivity contribution in [2.24, 2.45) is 5.92 Å². The second-order valence-corrected chi connectivity index (χ2v) is 5.33. The number of nitrogens with one attached hydrogen (secondary N) is 1. The molecule has 0 spiro atoms. The van der Waals surface area contributed by atoms with Gasteiger partial charge in [0.15, 0.2) is 0 Å². The second kappa shape index (κ2) is 5.57. The lowest BCUT2D eigenvalue weighted by atomic mass is 10.0. The van der Waals surface area contributed by atoms with E-state index in [0.29, 0.717) is 5.02 Å². The molecule has 1 amide bonds. The lowest BCUT2D eigenvalue weighted by Gasteiger charge is -2.17. The maximum absolute atomic E-state index is 11.8. The Kier molecular flexibility index (Phi) is 4.05. The van der Waals surface area contributed by atoms with Crippen molar-refractivity contribution < 1.29 is 4.79 Å². The number of rotatable bonds is 3. The highest BCUT2D eigenvalue weighted by molar-refractivity contribution is 6.35. The van der Waals surface area contributed by atoms with Gasteiger partial charge in [-0.15, -0.1) is 0 Å². The molecular formula is C15H17ClN2O. The third-order valence-corrected chi connectivity index (χ3v) is 3.43. The van der Waals surface area contributed by atoms with Gasteiger partial charge in [-0.1, -0.05) is 43.6 Å². The van der Waals surface area contributed by atoms with Gasteiger partial charge in [0.25, 0.3) is 0 Å². The minimum atomic E-state index is -0.0930. The third-order valence-electron chi connectivity index (χ3n) is 3.10. The number of hydrogen-bond donors (Lipinski definition) is 1. The van der Waals surface area contributed by atoms with Gasteiger partial charge in [0, 0.05) is 23.1 Å². The summed E-state index contributed by atoms with van der Waals surface area (Å²) >= 11 is 6.16. The van der Waals surface area contributed by atoms with E-state index in [0.717, 1.165) is 16.5 Å². The first-order chi connectivity index (χ1) is 9.00. The van der Waals surface area contributed by atoms with E-state index in [4.69, 9.17) is 11.6 Å². The van der Waals surface area contributed by atoms with Crippen molar-refractivity contribution in [2.45, 2.75) is 26.8 Å². The fourth-order valence-corrected chi connectivity index (χ4v) is 2.18. The quantitative estimate of drug-likeness (QED) is 0.928. The van der Waals surface area contributed by atoms with Gasteiger partial charge in [-0.05, 0) is 13.0 Å². The molecule has 1 aromatic heterocycles. The molecule has 0 saturated heterocycles. The number of aromatic nitrogens is 1. The van der Waals surface area contributed by atoms with E-state index >= 15 is 0 Å². The number of amides is 1. The first-order valence-electron chi connectivity index (χ1n) is 6.34. The number of carbonyl (C=O) groups excluding carboxylic acids is 1. The number of benzene rings is 1. The smallest absolute Gasteiger partial charge is 0.223 e. The predicted octanol–water partition coefficient (Wildman–Crippen LogP) is 3.72. The van der Waals surface area contributed by atoms with Crippen LogP contribution in [-0.4, -0.2) is 10.9 Å². The summed E-state index contributed by atoms with van der Waals surface area (Å²) in [6.45, 7) is 5.71. The van der Waals surface area contributed by atoms with Crippen LogP contribution in [0.2, 0.25) is 5.02 Å². The molecule has 0 unspecified atom stereocenters. The first kappa shape index (κ1) is 13.8. The van der Waals surface area contributed by atoms with Gasteiger partial charge in [-0.25, -0.2) is 0 Å². The van der Waals surface area contributed by atoms with E-state index in [9.17, 15) is 4.79 Å². The molecule has 1 aromatic carbocycles. The molecule has 0 aliphatic carbocycles. The Hall–Kier alpha value is -1.61. The van der Waals surface area contributed by atoms with E-state index in [2.05, 4.69) is 10.3 Å². The van der Waals surface area contributed by atoms with Crippen LogP contribution in [0.15, 0.2) is 30.5 Å². The van der Waals surface area contributed by atoms with Crippen molar-refractivity contribution in [1.82, 2.24) is 10.3 Å². The summed E-state index contributed by atoms with van der Waals surface area (Å²) < 4.78 is 0. The van der Waals surface area contributed by atoms with Crippen LogP contribution in [0.3, 0.4) is 0 Å². The monoisotopic (exact) mass is 276 g/mol. The van der Waals surface area contributed by atoms with Crippen molar-refractivity contribution in [3.05, 3.63) is 41.0 Å². The van der Waals surface area contributed by atoms with Crippen LogP contribution >= 0.6 is 11.6 Å². The number of fused-ring (bicyclic) bond motifs is 1. The van der Waals surface area contributed by atoms with Crippen molar-refractivity contribution >= 4 is 28.4 Å². The van der Waals surface area contributed by atoms with Crippen LogP contribution in [0, 0.1) is 5.92 Å². The van der Waals surface area contributed by atoms with Gasteiger partial charge >= 0.3 is 0 Å². The van der Waals surface area contributed by atoms with E-state index in [1.54, 1.807) is 12.3 Å². The van der Waals surface area contributed by atoms with Gasteiger partial charge in [-0.2, -0.15) is 0 Å². The van der Waals surface area contributed by atoms with Gasteiger partial charge in [0.1, 0.15) is 0 Å². The molecule has 0 bridgehead atoms. The molecule has 2 aromatic rings. The molecule has 3 nitrogen and oxygen atoms in total. The summed E-state index contributed by atoms with van der Waals surface area (Å²) in [6, 6.07) is 7.51. The molecule has 19 heavy (non-hydrogen) atoms. The summed E-state index contributed by atoms with van der Waals surface area (Å²) in [5.41, 5.74) is 1.82. The average molecular weight is 277 g/mol. The third kappa shape index (κ3) is 2.87. The molecule has 4 heteroatoms. The fourth-order valence-electron chi connectivity index (χ4n) is 1.97. The van der Waals surface area contributed by atoms with Gasteiger partial charge in [0.2, 0.25) is 5.91 Å². The highest BCUT2D eigenvalue weighted by atomic mass is 35.5. The fraction of sp³-hybridized carbons (Fsp3) is 0.333. The highest BCUT2D eigenvalue weighted by Gasteiger charge is 2.15. The van der Waals surface area contributed by atoms with E-state index in [1.807, 2.05) is 39.0 Å². The Morgan fingerprint density at radius 1 is 1.26 bits per heavy atom. The van der Waals surface area contributed by atoms with Crippen LogP contribution in [-0.2, 0) is 4.79 Å². The van der Waals surface area contributed by atoms with E-state index in [1.165, 1.54) is 0 Å². The zero-order chi connectivity index (χ0) is 14.0. The van der Waals surface area contributed by atoms with Crippen LogP contribution in [0.1, 0.15) is 32.4 Å². The molecule has 0 aliphatic heterocycles. The van der Waals surface area contributed by atoms with Gasteiger partial charge < -0.3 is 5.32 Å². The van der Waals surface area contributed by atoms with Crippen LogP contribution in [0.4, 0.5) is 0 Å². The molecule has 1 heterocycles. The standard InChI is InChI=1S/C15H17ClN2O/c1-9(2)15(19)18-10(3)11-5-4-6-12-13(16)7-8-17-14(11)12/h4-10H,1-3H3,(H,18,19)/t10-/m0/s1. The lowest BCUT2D eigenvalue weighted by Crippen LogP contribution is -2.30. The summed E-state index contributed by atoms with van der Waals surface area (Å²) in [5, 5.41) is 4.57. The largest absolute Gasteiger partial charge is 0.349 e. The predicted molar refractivity (Wildman–Crippen MR) is 78.1 cm³/mol. The molecular weight excluding hydrogens is 260 g/mol. The number of halogens is 1. The average Bonchev–Trinajstić information content (AvgIpc) is 2.38. The maximum Gasteiger partial charge on any atom is 0.223 e. The maximum atomic E-state index is 11.8. The molecule has 0 aliphatic rings. The summed E-state index contributed by atoms with van der Waals surface area (Å²) in [6.07, 6.45) is 1.69. The molecule has 0 fully saturated rings. The molecule has 0 radical (unpaired) electrons. The van der Waals surface area contributed by atoms with Crippen molar-refractivity contribution in [2.75, 3.05) is 0 Å². The van der Waals surface area contributed by atoms with Crippen LogP contribution in [0.25, 0.3) is 10.9 Å². The molecule has 2 rings (SSSR count). The normalized spacial score (nSPS) is 12.7. The zero-order valence-corrected chi connectivity index (χ0v) is 12.0.